The first-order valence-electron chi connectivity index (χ1n) is 11.0. The lowest BCUT2D eigenvalue weighted by atomic mass is 10.1. The Kier molecular flexibility index (Phi) is 7.40. The minimum Gasteiger partial charge on any atom is -0.493 e. The molecule has 0 aromatic heterocycles. The molecule has 0 unspecified atom stereocenters. The lowest BCUT2D eigenvalue weighted by Crippen LogP contribution is -2.35. The second kappa shape index (κ2) is 10.6. The number of para-hydroxylation sites is 2. The fraction of sp³-hybridized carbons (Fsp3) is 0.280. The van der Waals surface area contributed by atoms with Gasteiger partial charge in [0.15, 0.2) is 28.8 Å². The highest BCUT2D eigenvalue weighted by Crippen LogP contribution is 2.33. The van der Waals surface area contributed by atoms with Crippen molar-refractivity contribution in [2.45, 2.75) is 13.8 Å². The van der Waals surface area contributed by atoms with E-state index in [0.29, 0.717) is 40.3 Å². The van der Waals surface area contributed by atoms with E-state index in [1.165, 1.54) is 16.8 Å². The van der Waals surface area contributed by atoms with Gasteiger partial charge in [-0.2, -0.15) is 15.1 Å². The van der Waals surface area contributed by atoms with Crippen molar-refractivity contribution in [2.75, 3.05) is 27.4 Å². The molecule has 0 bridgehead atoms. The zero-order chi connectivity index (χ0) is 24.9. The Hall–Kier alpha value is -3.79. The molecular weight excluding hydrogens is 468 g/mol. The predicted octanol–water partition coefficient (Wildman–Crippen LogP) is 4.44. The first kappa shape index (κ1) is 24.3. The number of nitrogens with zero attached hydrogens (tertiary/aromatic N) is 3. The van der Waals surface area contributed by atoms with Crippen molar-refractivity contribution in [1.29, 1.82) is 5.41 Å². The second-order valence-electron chi connectivity index (χ2n) is 7.87. The van der Waals surface area contributed by atoms with Crippen molar-refractivity contribution >= 4 is 39.8 Å². The van der Waals surface area contributed by atoms with Crippen LogP contribution in [0.3, 0.4) is 0 Å². The molecule has 0 atom stereocenters. The summed E-state index contributed by atoms with van der Waals surface area (Å²) in [5.41, 5.74) is 0.829. The van der Waals surface area contributed by atoms with E-state index in [2.05, 4.69) is 10.1 Å². The van der Waals surface area contributed by atoms with E-state index in [1.54, 1.807) is 38.5 Å². The van der Waals surface area contributed by atoms with Gasteiger partial charge < -0.3 is 18.9 Å². The number of thioether (sulfide) groups is 1. The van der Waals surface area contributed by atoms with E-state index >= 15 is 0 Å². The van der Waals surface area contributed by atoms with Gasteiger partial charge in [-0.15, -0.1) is 0 Å². The van der Waals surface area contributed by atoms with Crippen LogP contribution in [0, 0.1) is 11.3 Å². The van der Waals surface area contributed by atoms with Gasteiger partial charge in [0, 0.05) is 5.92 Å². The van der Waals surface area contributed by atoms with Crippen LogP contribution in [0.1, 0.15) is 19.4 Å². The van der Waals surface area contributed by atoms with Crippen LogP contribution in [-0.4, -0.2) is 54.4 Å². The van der Waals surface area contributed by atoms with E-state index in [-0.39, 0.29) is 23.9 Å². The smallest absolute Gasteiger partial charge is 0.283 e. The molecule has 9 nitrogen and oxygen atoms in total. The number of hydrazone groups is 1. The molecule has 1 N–H and O–H groups in total. The Labute approximate surface area is 207 Å². The molecule has 2 aliphatic rings. The molecule has 2 aliphatic heterocycles. The number of nitrogens with one attached hydrogen (secondary N) is 1. The summed E-state index contributed by atoms with van der Waals surface area (Å²) >= 11 is 1.32. The van der Waals surface area contributed by atoms with Crippen LogP contribution >= 0.6 is 11.8 Å². The van der Waals surface area contributed by atoms with E-state index < -0.39 is 5.91 Å². The lowest BCUT2D eigenvalue weighted by Gasteiger charge is -2.20. The van der Waals surface area contributed by atoms with Crippen molar-refractivity contribution in [3.63, 3.8) is 0 Å². The van der Waals surface area contributed by atoms with Gasteiger partial charge in [-0.25, -0.2) is 0 Å². The van der Waals surface area contributed by atoms with Crippen LogP contribution in [0.15, 0.2) is 58.1 Å². The van der Waals surface area contributed by atoms with Gasteiger partial charge in [0.25, 0.3) is 5.91 Å². The van der Waals surface area contributed by atoms with E-state index in [4.69, 9.17) is 24.4 Å². The molecule has 4 rings (SSSR count). The fourth-order valence-electron chi connectivity index (χ4n) is 3.34. The summed E-state index contributed by atoms with van der Waals surface area (Å²) in [6.07, 6.45) is 1.61. The third-order valence-corrected chi connectivity index (χ3v) is 6.34. The maximum Gasteiger partial charge on any atom is 0.283 e. The Morgan fingerprint density at radius 2 is 1.66 bits per heavy atom. The molecule has 2 heterocycles. The van der Waals surface area contributed by atoms with Crippen LogP contribution < -0.4 is 18.9 Å². The van der Waals surface area contributed by atoms with Gasteiger partial charge in [-0.1, -0.05) is 32.0 Å². The van der Waals surface area contributed by atoms with E-state index in [9.17, 15) is 4.79 Å². The van der Waals surface area contributed by atoms with Crippen LogP contribution in [0.4, 0.5) is 0 Å². The first-order valence-corrected chi connectivity index (χ1v) is 11.8. The summed E-state index contributed by atoms with van der Waals surface area (Å²) in [6.45, 7) is 4.62. The molecule has 2 aromatic rings. The number of benzene rings is 2. The van der Waals surface area contributed by atoms with Crippen molar-refractivity contribution < 1.29 is 23.7 Å². The minimum atomic E-state index is -0.471. The minimum absolute atomic E-state index is 0.00377. The van der Waals surface area contributed by atoms with Gasteiger partial charge in [-0.3, -0.25) is 10.2 Å². The first-order chi connectivity index (χ1) is 16.9. The number of hydrogen-bond acceptors (Lipinski definition) is 8. The molecule has 10 heteroatoms. The van der Waals surface area contributed by atoms with Crippen molar-refractivity contribution in [3.8, 4) is 23.0 Å². The highest BCUT2D eigenvalue weighted by atomic mass is 32.2. The van der Waals surface area contributed by atoms with Crippen LogP contribution in [0.2, 0.25) is 0 Å². The molecule has 0 spiro atoms. The second-order valence-corrected chi connectivity index (χ2v) is 8.86. The molecule has 0 fully saturated rings. The molecular formula is C25H26N4O5S. The Morgan fingerprint density at radius 1 is 1.00 bits per heavy atom. The monoisotopic (exact) mass is 494 g/mol. The normalized spacial score (nSPS) is 16.3. The summed E-state index contributed by atoms with van der Waals surface area (Å²) in [5, 5.41) is 15.6. The van der Waals surface area contributed by atoms with Crippen LogP contribution in [0.25, 0.3) is 6.08 Å². The van der Waals surface area contributed by atoms with Crippen molar-refractivity contribution in [3.05, 3.63) is 53.6 Å². The summed E-state index contributed by atoms with van der Waals surface area (Å²) in [4.78, 5) is 16.7. The molecule has 0 radical (unpaired) electrons. The van der Waals surface area contributed by atoms with Crippen LogP contribution in [-0.2, 0) is 4.79 Å². The number of rotatable bonds is 9. The SMILES string of the molecule is COc1ccccc1OCCOc1ccc(/C=C2/C(=N)N3N=C(C(C)C)SC3=NC2=O)cc1OC. The number of fused-ring (bicyclic) bond motifs is 1. The number of amidine groups is 2. The molecule has 2 aromatic carbocycles. The fourth-order valence-corrected chi connectivity index (χ4v) is 4.23. The topological polar surface area (TPSA) is 106 Å². The summed E-state index contributed by atoms with van der Waals surface area (Å²) in [5.74, 6) is 2.02. The quantitative estimate of drug-likeness (QED) is 0.406. The summed E-state index contributed by atoms with van der Waals surface area (Å²) < 4.78 is 22.3. The number of methoxy groups -OCH3 is 2. The summed E-state index contributed by atoms with van der Waals surface area (Å²) in [7, 11) is 3.13. The molecule has 0 saturated heterocycles. The predicted molar refractivity (Wildman–Crippen MR) is 137 cm³/mol. The van der Waals surface area contributed by atoms with E-state index in [0.717, 1.165) is 5.04 Å². The van der Waals surface area contributed by atoms with Gasteiger partial charge >= 0.3 is 0 Å². The maximum atomic E-state index is 12.6. The zero-order valence-corrected chi connectivity index (χ0v) is 20.7. The average Bonchev–Trinajstić information content (AvgIpc) is 3.29. The highest BCUT2D eigenvalue weighted by Gasteiger charge is 2.36. The average molecular weight is 495 g/mol. The number of carbonyl (C=O) groups excluding carboxylic acids is 1. The van der Waals surface area contributed by atoms with Gasteiger partial charge in [0.05, 0.1) is 19.8 Å². The third-order valence-electron chi connectivity index (χ3n) is 5.13. The van der Waals surface area contributed by atoms with Crippen molar-refractivity contribution in [1.82, 2.24) is 5.01 Å². The van der Waals surface area contributed by atoms with Gasteiger partial charge in [0.2, 0.25) is 5.17 Å². The molecule has 0 aliphatic carbocycles. The Balaban J connectivity index is 1.44. The number of carbonyl (C=O) groups is 1. The number of ether oxygens (including phenoxy) is 4. The number of hydrogen-bond donors (Lipinski definition) is 1. The van der Waals surface area contributed by atoms with Crippen LogP contribution in [0.5, 0.6) is 23.0 Å². The zero-order valence-electron chi connectivity index (χ0n) is 19.9. The standard InChI is InChI=1S/C25H26N4O5S/c1-15(2)24-28-29-22(26)17(23(30)27-25(29)35-24)13-16-9-10-20(21(14-16)32-4)34-12-11-33-19-8-6-5-7-18(19)31-3/h5-10,13-15,26H,11-12H2,1-4H3/b17-13-,26-22?. The Morgan fingerprint density at radius 3 is 2.31 bits per heavy atom. The van der Waals surface area contributed by atoms with Gasteiger partial charge in [-0.05, 0) is 47.7 Å². The van der Waals surface area contributed by atoms with Crippen molar-refractivity contribution in [2.24, 2.45) is 16.0 Å². The highest BCUT2D eigenvalue weighted by molar-refractivity contribution is 8.27. The number of amides is 1. The van der Waals surface area contributed by atoms with Gasteiger partial charge in [0.1, 0.15) is 18.3 Å². The third kappa shape index (κ3) is 5.32. The van der Waals surface area contributed by atoms with E-state index in [1.807, 2.05) is 38.1 Å². The Bertz CT molecular complexity index is 1240. The molecule has 35 heavy (non-hydrogen) atoms. The summed E-state index contributed by atoms with van der Waals surface area (Å²) in [6, 6.07) is 12.7. The molecule has 0 saturated carbocycles. The lowest BCUT2D eigenvalue weighted by molar-refractivity contribution is -0.114. The maximum absolute atomic E-state index is 12.6. The number of aliphatic imine (C=N–C) groups is 1. The molecule has 1 amide bonds. The molecule has 182 valence electrons. The largest absolute Gasteiger partial charge is 0.493 e.